The summed E-state index contributed by atoms with van der Waals surface area (Å²) in [6.07, 6.45) is 4.79. The zero-order valence-electron chi connectivity index (χ0n) is 9.26. The Kier molecular flexibility index (Phi) is 3.08. The van der Waals surface area contributed by atoms with Gasteiger partial charge in [-0.2, -0.15) is 0 Å². The molecule has 0 aromatic carbocycles. The molecule has 2 aliphatic heterocycles. The molecule has 2 atom stereocenters. The summed E-state index contributed by atoms with van der Waals surface area (Å²) >= 11 is 1.64. The molecule has 5 heteroatoms. The van der Waals surface area contributed by atoms with Gasteiger partial charge < -0.3 is 10.1 Å². The van der Waals surface area contributed by atoms with Crippen molar-refractivity contribution >= 4 is 16.5 Å². The first kappa shape index (κ1) is 10.5. The lowest BCUT2D eigenvalue weighted by molar-refractivity contribution is -0.0415. The van der Waals surface area contributed by atoms with Crippen LogP contribution in [0.25, 0.3) is 0 Å². The quantitative estimate of drug-likeness (QED) is 0.865. The van der Waals surface area contributed by atoms with Crippen LogP contribution in [0.3, 0.4) is 0 Å². The van der Waals surface area contributed by atoms with E-state index in [0.717, 1.165) is 24.8 Å². The number of rotatable bonds is 3. The molecule has 2 unspecified atom stereocenters. The lowest BCUT2D eigenvalue weighted by atomic mass is 10.2. The van der Waals surface area contributed by atoms with Crippen LogP contribution in [0, 0.1) is 0 Å². The smallest absolute Gasteiger partial charge is 0.182 e. The zero-order chi connectivity index (χ0) is 10.8. The molecule has 4 nitrogen and oxygen atoms in total. The molecule has 0 spiro atoms. The van der Waals surface area contributed by atoms with Gasteiger partial charge in [-0.1, -0.05) is 0 Å². The van der Waals surface area contributed by atoms with Crippen molar-refractivity contribution in [1.82, 2.24) is 9.88 Å². The molecule has 1 N–H and O–H groups in total. The Morgan fingerprint density at radius 2 is 2.62 bits per heavy atom. The minimum Gasteiger partial charge on any atom is -0.373 e. The molecular formula is C11H17N3OS. The van der Waals surface area contributed by atoms with Crippen molar-refractivity contribution in [1.29, 1.82) is 0 Å². The van der Waals surface area contributed by atoms with E-state index in [1.165, 1.54) is 19.4 Å². The first-order chi connectivity index (χ1) is 7.92. The molecule has 0 bridgehead atoms. The van der Waals surface area contributed by atoms with Crippen LogP contribution in [0.2, 0.25) is 0 Å². The molecule has 2 saturated heterocycles. The predicted molar refractivity (Wildman–Crippen MR) is 64.9 cm³/mol. The normalized spacial score (nSPS) is 30.2. The maximum absolute atomic E-state index is 5.86. The van der Waals surface area contributed by atoms with Crippen molar-refractivity contribution in [2.24, 2.45) is 0 Å². The SMILES string of the molecule is c1csc(NCC2CN3CCCC3CO2)n1. The molecule has 2 aliphatic rings. The van der Waals surface area contributed by atoms with Gasteiger partial charge in [0, 0.05) is 30.7 Å². The van der Waals surface area contributed by atoms with Crippen LogP contribution in [-0.2, 0) is 4.74 Å². The molecule has 0 saturated carbocycles. The standard InChI is InChI=1S/C11H17N3OS/c1-2-9-8-15-10(7-14(9)4-1)6-13-11-12-3-5-16-11/h3,5,9-10H,1-2,4,6-8H2,(H,12,13). The van der Waals surface area contributed by atoms with Crippen LogP contribution in [0.15, 0.2) is 11.6 Å². The molecule has 88 valence electrons. The number of hydrogen-bond acceptors (Lipinski definition) is 5. The Morgan fingerprint density at radius 3 is 3.50 bits per heavy atom. The third-order valence-electron chi connectivity index (χ3n) is 3.37. The highest BCUT2D eigenvalue weighted by molar-refractivity contribution is 7.13. The molecule has 3 heterocycles. The highest BCUT2D eigenvalue weighted by atomic mass is 32.1. The number of ether oxygens (including phenoxy) is 1. The van der Waals surface area contributed by atoms with E-state index in [0.29, 0.717) is 12.1 Å². The molecule has 1 aromatic heterocycles. The number of aromatic nitrogens is 1. The molecule has 16 heavy (non-hydrogen) atoms. The van der Waals surface area contributed by atoms with Crippen LogP contribution in [-0.4, -0.2) is 48.3 Å². The maximum atomic E-state index is 5.86. The van der Waals surface area contributed by atoms with Crippen LogP contribution >= 0.6 is 11.3 Å². The summed E-state index contributed by atoms with van der Waals surface area (Å²) in [6.45, 7) is 4.10. The number of nitrogens with one attached hydrogen (secondary N) is 1. The van der Waals surface area contributed by atoms with Gasteiger partial charge in [0.1, 0.15) is 0 Å². The number of fused-ring (bicyclic) bond motifs is 1. The third kappa shape index (κ3) is 2.21. The number of anilines is 1. The van der Waals surface area contributed by atoms with Gasteiger partial charge in [-0.05, 0) is 19.4 Å². The Bertz CT molecular complexity index is 330. The molecule has 0 amide bonds. The van der Waals surface area contributed by atoms with Gasteiger partial charge in [-0.3, -0.25) is 4.90 Å². The second-order valence-electron chi connectivity index (χ2n) is 4.46. The lowest BCUT2D eigenvalue weighted by Crippen LogP contribution is -2.48. The lowest BCUT2D eigenvalue weighted by Gasteiger charge is -2.35. The van der Waals surface area contributed by atoms with Crippen molar-refractivity contribution in [2.45, 2.75) is 25.0 Å². The minimum atomic E-state index is 0.318. The van der Waals surface area contributed by atoms with Crippen molar-refractivity contribution in [3.8, 4) is 0 Å². The highest BCUT2D eigenvalue weighted by Gasteiger charge is 2.31. The van der Waals surface area contributed by atoms with E-state index in [1.54, 1.807) is 11.3 Å². The minimum absolute atomic E-state index is 0.318. The Labute approximate surface area is 99.6 Å². The van der Waals surface area contributed by atoms with Crippen molar-refractivity contribution in [2.75, 3.05) is 31.6 Å². The van der Waals surface area contributed by atoms with Crippen LogP contribution in [0.4, 0.5) is 5.13 Å². The van der Waals surface area contributed by atoms with Gasteiger partial charge in [0.15, 0.2) is 5.13 Å². The number of thiazole rings is 1. The molecule has 3 rings (SSSR count). The number of morpholine rings is 1. The van der Waals surface area contributed by atoms with Crippen LogP contribution < -0.4 is 5.32 Å². The third-order valence-corrected chi connectivity index (χ3v) is 4.11. The van der Waals surface area contributed by atoms with Crippen LogP contribution in [0.1, 0.15) is 12.8 Å². The fourth-order valence-electron chi connectivity index (χ4n) is 2.52. The largest absolute Gasteiger partial charge is 0.373 e. The molecular weight excluding hydrogens is 222 g/mol. The second kappa shape index (κ2) is 4.69. The second-order valence-corrected chi connectivity index (χ2v) is 5.36. The summed E-state index contributed by atoms with van der Waals surface area (Å²) in [5.74, 6) is 0. The molecule has 0 aliphatic carbocycles. The zero-order valence-corrected chi connectivity index (χ0v) is 10.1. The van der Waals surface area contributed by atoms with E-state index in [-0.39, 0.29) is 0 Å². The average Bonchev–Trinajstić information content (AvgIpc) is 2.97. The topological polar surface area (TPSA) is 37.4 Å². The fraction of sp³-hybridized carbons (Fsp3) is 0.727. The Morgan fingerprint density at radius 1 is 1.62 bits per heavy atom. The van der Waals surface area contributed by atoms with Crippen molar-refractivity contribution < 1.29 is 4.74 Å². The van der Waals surface area contributed by atoms with Crippen LogP contribution in [0.5, 0.6) is 0 Å². The van der Waals surface area contributed by atoms with E-state index >= 15 is 0 Å². The monoisotopic (exact) mass is 239 g/mol. The Balaban J connectivity index is 1.49. The van der Waals surface area contributed by atoms with E-state index in [4.69, 9.17) is 4.74 Å². The van der Waals surface area contributed by atoms with Gasteiger partial charge in [-0.25, -0.2) is 4.98 Å². The summed E-state index contributed by atoms with van der Waals surface area (Å²) in [6, 6.07) is 0.691. The van der Waals surface area contributed by atoms with Crippen molar-refractivity contribution in [3.63, 3.8) is 0 Å². The summed E-state index contributed by atoms with van der Waals surface area (Å²) in [5, 5.41) is 6.31. The average molecular weight is 239 g/mol. The molecule has 0 radical (unpaired) electrons. The number of nitrogens with zero attached hydrogens (tertiary/aromatic N) is 2. The fourth-order valence-corrected chi connectivity index (χ4v) is 3.06. The summed E-state index contributed by atoms with van der Waals surface area (Å²) in [5.41, 5.74) is 0. The summed E-state index contributed by atoms with van der Waals surface area (Å²) < 4.78 is 5.86. The maximum Gasteiger partial charge on any atom is 0.182 e. The van der Waals surface area contributed by atoms with Gasteiger partial charge in [-0.15, -0.1) is 11.3 Å². The van der Waals surface area contributed by atoms with E-state index < -0.39 is 0 Å². The van der Waals surface area contributed by atoms with Gasteiger partial charge in [0.05, 0.1) is 12.7 Å². The molecule has 1 aromatic rings. The Hall–Kier alpha value is -0.650. The van der Waals surface area contributed by atoms with E-state index in [1.807, 2.05) is 11.6 Å². The van der Waals surface area contributed by atoms with Gasteiger partial charge in [0.25, 0.3) is 0 Å². The predicted octanol–water partition coefficient (Wildman–Crippen LogP) is 1.42. The molecule has 2 fully saturated rings. The van der Waals surface area contributed by atoms with Gasteiger partial charge in [0.2, 0.25) is 0 Å². The summed E-state index contributed by atoms with van der Waals surface area (Å²) in [4.78, 5) is 6.77. The highest BCUT2D eigenvalue weighted by Crippen LogP contribution is 2.22. The van der Waals surface area contributed by atoms with Gasteiger partial charge >= 0.3 is 0 Å². The first-order valence-electron chi connectivity index (χ1n) is 5.91. The van der Waals surface area contributed by atoms with E-state index in [9.17, 15) is 0 Å². The van der Waals surface area contributed by atoms with Crippen molar-refractivity contribution in [3.05, 3.63) is 11.6 Å². The first-order valence-corrected chi connectivity index (χ1v) is 6.79. The van der Waals surface area contributed by atoms with E-state index in [2.05, 4.69) is 15.2 Å². The number of hydrogen-bond donors (Lipinski definition) is 1. The summed E-state index contributed by atoms with van der Waals surface area (Å²) in [7, 11) is 0.